The van der Waals surface area contributed by atoms with Gasteiger partial charge in [0.1, 0.15) is 5.60 Å². The van der Waals surface area contributed by atoms with E-state index in [-0.39, 0.29) is 11.6 Å². The van der Waals surface area contributed by atoms with E-state index in [9.17, 15) is 4.79 Å². The van der Waals surface area contributed by atoms with Gasteiger partial charge in [-0.1, -0.05) is 15.9 Å². The van der Waals surface area contributed by atoms with Crippen LogP contribution >= 0.6 is 15.9 Å². The molecule has 2 nitrogen and oxygen atoms in total. The van der Waals surface area contributed by atoms with Crippen molar-refractivity contribution in [1.82, 2.24) is 0 Å². The monoisotopic (exact) mass is 250 g/mol. The molecule has 0 bridgehead atoms. The van der Waals surface area contributed by atoms with E-state index in [1.165, 1.54) is 0 Å². The van der Waals surface area contributed by atoms with Crippen LogP contribution in [0, 0.1) is 5.41 Å². The van der Waals surface area contributed by atoms with Gasteiger partial charge in [0.2, 0.25) is 0 Å². The van der Waals surface area contributed by atoms with Gasteiger partial charge in [0.25, 0.3) is 0 Å². The maximum Gasteiger partial charge on any atom is 0.312 e. The second-order valence-corrected chi connectivity index (χ2v) is 5.62. The molecule has 3 heteroatoms. The molecule has 0 aromatic heterocycles. The summed E-state index contributed by atoms with van der Waals surface area (Å²) in [4.78, 5) is 11.6. The zero-order valence-electron chi connectivity index (χ0n) is 9.11. The molecule has 0 radical (unpaired) electrons. The number of carbonyl (C=O) groups is 1. The number of alkyl halides is 1. The van der Waals surface area contributed by atoms with Crippen LogP contribution in [0.3, 0.4) is 0 Å². The second-order valence-electron chi connectivity index (χ2n) is 4.82. The number of ether oxygens (including phenoxy) is 1. The third kappa shape index (κ3) is 5.29. The Kier molecular flexibility index (Phi) is 4.43. The Morgan fingerprint density at radius 1 is 1.23 bits per heavy atom. The van der Waals surface area contributed by atoms with Gasteiger partial charge in [-0.2, -0.15) is 0 Å². The van der Waals surface area contributed by atoms with E-state index in [1.54, 1.807) is 0 Å². The van der Waals surface area contributed by atoms with Crippen LogP contribution in [0.25, 0.3) is 0 Å². The van der Waals surface area contributed by atoms with E-state index in [2.05, 4.69) is 15.9 Å². The standard InChI is InChI=1S/C10H19BrO2/c1-9(2,3)13-8(12)10(4,5)6-7-11/h6-7H2,1-5H3. The minimum absolute atomic E-state index is 0.126. The zero-order valence-corrected chi connectivity index (χ0v) is 10.7. The van der Waals surface area contributed by atoms with E-state index in [0.29, 0.717) is 0 Å². The Bertz CT molecular complexity index is 180. The maximum absolute atomic E-state index is 11.6. The number of rotatable bonds is 3. The van der Waals surface area contributed by atoms with Gasteiger partial charge >= 0.3 is 5.97 Å². The number of carbonyl (C=O) groups excluding carboxylic acids is 1. The van der Waals surface area contributed by atoms with Crippen LogP contribution in [0.2, 0.25) is 0 Å². The molecule has 0 aliphatic heterocycles. The number of hydrogen-bond donors (Lipinski definition) is 0. The average Bonchev–Trinajstić information content (AvgIpc) is 1.82. The largest absolute Gasteiger partial charge is 0.460 e. The first-order valence-corrected chi connectivity index (χ1v) is 5.60. The summed E-state index contributed by atoms with van der Waals surface area (Å²) in [6.07, 6.45) is 0.794. The predicted octanol–water partition coefficient (Wildman–Crippen LogP) is 3.14. The summed E-state index contributed by atoms with van der Waals surface area (Å²) < 4.78 is 5.30. The lowest BCUT2D eigenvalue weighted by Crippen LogP contribution is -2.34. The van der Waals surface area contributed by atoms with Crippen LogP contribution in [-0.2, 0) is 9.53 Å². The normalized spacial score (nSPS) is 12.8. The minimum atomic E-state index is -0.392. The summed E-state index contributed by atoms with van der Waals surface area (Å²) in [5, 5.41) is 0.819. The Hall–Kier alpha value is -0.0500. The maximum atomic E-state index is 11.6. The summed E-state index contributed by atoms with van der Waals surface area (Å²) >= 11 is 3.33. The van der Waals surface area contributed by atoms with Gasteiger partial charge in [0, 0.05) is 5.33 Å². The zero-order chi connectivity index (χ0) is 10.7. The Morgan fingerprint density at radius 3 is 2.00 bits per heavy atom. The molecule has 0 aromatic carbocycles. The van der Waals surface area contributed by atoms with Crippen LogP contribution in [0.15, 0.2) is 0 Å². The van der Waals surface area contributed by atoms with E-state index in [1.807, 2.05) is 34.6 Å². The van der Waals surface area contributed by atoms with Crippen molar-refractivity contribution in [2.75, 3.05) is 5.33 Å². The van der Waals surface area contributed by atoms with Crippen molar-refractivity contribution < 1.29 is 9.53 Å². The molecule has 0 aliphatic rings. The van der Waals surface area contributed by atoms with Gasteiger partial charge in [-0.15, -0.1) is 0 Å². The van der Waals surface area contributed by atoms with Crippen LogP contribution in [-0.4, -0.2) is 16.9 Å². The van der Waals surface area contributed by atoms with Gasteiger partial charge in [-0.3, -0.25) is 4.79 Å². The first kappa shape index (κ1) is 12.9. The fourth-order valence-electron chi connectivity index (χ4n) is 0.755. The lowest BCUT2D eigenvalue weighted by atomic mass is 9.90. The van der Waals surface area contributed by atoms with Crippen molar-refractivity contribution in [3.05, 3.63) is 0 Å². The molecule has 0 heterocycles. The molecule has 0 N–H and O–H groups in total. The van der Waals surface area contributed by atoms with E-state index in [0.717, 1.165) is 11.8 Å². The van der Waals surface area contributed by atoms with Crippen molar-refractivity contribution in [3.8, 4) is 0 Å². The SMILES string of the molecule is CC(C)(C)OC(=O)C(C)(C)CCBr. The Balaban J connectivity index is 4.25. The van der Waals surface area contributed by atoms with Gasteiger partial charge in [0.15, 0.2) is 0 Å². The summed E-state index contributed by atoms with van der Waals surface area (Å²) in [5.74, 6) is -0.126. The van der Waals surface area contributed by atoms with Crippen LogP contribution < -0.4 is 0 Å². The first-order valence-electron chi connectivity index (χ1n) is 4.48. The Labute approximate surface area is 89.2 Å². The molecule has 0 saturated heterocycles. The van der Waals surface area contributed by atoms with Crippen LogP contribution in [0.1, 0.15) is 41.0 Å². The molecule has 0 fully saturated rings. The van der Waals surface area contributed by atoms with Crippen molar-refractivity contribution in [1.29, 1.82) is 0 Å². The molecule has 0 saturated carbocycles. The first-order chi connectivity index (χ1) is 5.69. The highest BCUT2D eigenvalue weighted by molar-refractivity contribution is 9.09. The van der Waals surface area contributed by atoms with E-state index >= 15 is 0 Å². The molecule has 13 heavy (non-hydrogen) atoms. The van der Waals surface area contributed by atoms with Crippen LogP contribution in [0.5, 0.6) is 0 Å². The summed E-state index contributed by atoms with van der Waals surface area (Å²) in [6.45, 7) is 9.46. The number of halogens is 1. The smallest absolute Gasteiger partial charge is 0.312 e. The fraction of sp³-hybridized carbons (Fsp3) is 0.900. The highest BCUT2D eigenvalue weighted by Crippen LogP contribution is 2.25. The summed E-state index contributed by atoms with van der Waals surface area (Å²) in [6, 6.07) is 0. The molecule has 0 aliphatic carbocycles. The third-order valence-corrected chi connectivity index (χ3v) is 2.07. The second kappa shape index (κ2) is 4.45. The van der Waals surface area contributed by atoms with Gasteiger partial charge in [-0.25, -0.2) is 0 Å². The molecule has 0 amide bonds. The molecular formula is C10H19BrO2. The van der Waals surface area contributed by atoms with Gasteiger partial charge in [0.05, 0.1) is 5.41 Å². The number of esters is 1. The summed E-state index contributed by atoms with van der Waals surface area (Å²) in [7, 11) is 0. The van der Waals surface area contributed by atoms with Gasteiger partial charge in [-0.05, 0) is 41.0 Å². The van der Waals surface area contributed by atoms with E-state index < -0.39 is 5.41 Å². The van der Waals surface area contributed by atoms with Crippen molar-refractivity contribution in [3.63, 3.8) is 0 Å². The van der Waals surface area contributed by atoms with Gasteiger partial charge < -0.3 is 4.74 Å². The summed E-state index contributed by atoms with van der Waals surface area (Å²) in [5.41, 5.74) is -0.780. The molecule has 0 spiro atoms. The Morgan fingerprint density at radius 2 is 1.69 bits per heavy atom. The predicted molar refractivity (Wildman–Crippen MR) is 58.0 cm³/mol. The lowest BCUT2D eigenvalue weighted by molar-refractivity contribution is -0.165. The van der Waals surface area contributed by atoms with Crippen molar-refractivity contribution in [2.45, 2.75) is 46.6 Å². The van der Waals surface area contributed by atoms with E-state index in [4.69, 9.17) is 4.74 Å². The molecule has 0 rings (SSSR count). The fourth-order valence-corrected chi connectivity index (χ4v) is 1.75. The number of hydrogen-bond acceptors (Lipinski definition) is 2. The minimum Gasteiger partial charge on any atom is -0.460 e. The highest BCUT2D eigenvalue weighted by atomic mass is 79.9. The molecule has 0 aromatic rings. The third-order valence-electron chi connectivity index (χ3n) is 1.67. The quantitative estimate of drug-likeness (QED) is 0.569. The topological polar surface area (TPSA) is 26.3 Å². The van der Waals surface area contributed by atoms with Crippen molar-refractivity contribution >= 4 is 21.9 Å². The molecular weight excluding hydrogens is 232 g/mol. The average molecular weight is 251 g/mol. The molecule has 0 unspecified atom stereocenters. The van der Waals surface area contributed by atoms with Crippen LogP contribution in [0.4, 0.5) is 0 Å². The molecule has 78 valence electrons. The lowest BCUT2D eigenvalue weighted by Gasteiger charge is -2.27. The van der Waals surface area contributed by atoms with Crippen molar-refractivity contribution in [2.24, 2.45) is 5.41 Å². The molecule has 0 atom stereocenters. The highest BCUT2D eigenvalue weighted by Gasteiger charge is 2.31.